The maximum Gasteiger partial charge on any atom is 0.252 e. The Morgan fingerprint density at radius 1 is 1.37 bits per heavy atom. The lowest BCUT2D eigenvalue weighted by Gasteiger charge is -2.26. The van der Waals surface area contributed by atoms with Crippen LogP contribution >= 0.6 is 27.3 Å². The topological polar surface area (TPSA) is 63.2 Å². The molecule has 0 saturated carbocycles. The second-order valence-corrected chi connectivity index (χ2v) is 8.77. The smallest absolute Gasteiger partial charge is 0.244 e. The highest BCUT2D eigenvalue weighted by Gasteiger charge is 2.29. The van der Waals surface area contributed by atoms with Crippen molar-refractivity contribution in [2.45, 2.75) is 17.2 Å². The molecular weight excluding hydrogens is 350 g/mol. The monoisotopic (exact) mass is 359 g/mol. The zero-order valence-electron chi connectivity index (χ0n) is 9.78. The minimum atomic E-state index is -3.42. The highest BCUT2D eigenvalue weighted by Crippen LogP contribution is 2.30. The molecule has 100 valence electrons. The molecule has 0 spiro atoms. The molecule has 0 amide bonds. The van der Waals surface area contributed by atoms with E-state index in [1.807, 2.05) is 0 Å². The van der Waals surface area contributed by atoms with Crippen molar-refractivity contribution in [3.8, 4) is 0 Å². The van der Waals surface area contributed by atoms with E-state index in [0.717, 1.165) is 15.0 Å². The molecule has 1 aliphatic heterocycles. The van der Waals surface area contributed by atoms with Gasteiger partial charge in [-0.25, -0.2) is 18.4 Å². The molecular formula is C11H10BrN3O2S2. The average Bonchev–Trinajstić information content (AvgIpc) is 2.85. The lowest BCUT2D eigenvalue weighted by atomic mass is 10.1. The van der Waals surface area contributed by atoms with Gasteiger partial charge in [0.25, 0.3) is 10.0 Å². The number of halogens is 1. The second kappa shape index (κ2) is 4.93. The molecule has 0 radical (unpaired) electrons. The quantitative estimate of drug-likeness (QED) is 0.822. The summed E-state index contributed by atoms with van der Waals surface area (Å²) in [5.41, 5.74) is 1.82. The summed E-state index contributed by atoms with van der Waals surface area (Å²) in [4.78, 5) is 8.13. The van der Waals surface area contributed by atoms with Gasteiger partial charge in [0.15, 0.2) is 0 Å². The summed E-state index contributed by atoms with van der Waals surface area (Å²) >= 11 is 4.52. The van der Waals surface area contributed by atoms with Gasteiger partial charge in [0.2, 0.25) is 0 Å². The maximum atomic E-state index is 12.5. The van der Waals surface area contributed by atoms with Crippen molar-refractivity contribution in [1.82, 2.24) is 14.3 Å². The van der Waals surface area contributed by atoms with Gasteiger partial charge in [0.1, 0.15) is 10.5 Å². The third-order valence-corrected chi connectivity index (χ3v) is 6.90. The third kappa shape index (κ3) is 2.45. The van der Waals surface area contributed by atoms with Gasteiger partial charge in [-0.15, -0.1) is 11.3 Å². The van der Waals surface area contributed by atoms with E-state index in [1.54, 1.807) is 18.3 Å². The number of hydrogen-bond donors (Lipinski definition) is 0. The fourth-order valence-electron chi connectivity index (χ4n) is 2.01. The summed E-state index contributed by atoms with van der Waals surface area (Å²) < 4.78 is 27.6. The van der Waals surface area contributed by atoms with Crippen LogP contribution in [0, 0.1) is 0 Å². The maximum absolute atomic E-state index is 12.5. The molecule has 0 aliphatic carbocycles. The number of nitrogens with zero attached hydrogens (tertiary/aromatic N) is 3. The number of fused-ring (bicyclic) bond motifs is 1. The first-order valence-corrected chi connectivity index (χ1v) is 8.65. The molecule has 0 bridgehead atoms. The van der Waals surface area contributed by atoms with Crippen molar-refractivity contribution in [2.75, 3.05) is 6.54 Å². The van der Waals surface area contributed by atoms with E-state index in [-0.39, 0.29) is 0 Å². The summed E-state index contributed by atoms with van der Waals surface area (Å²) in [5, 5.41) is 0. The summed E-state index contributed by atoms with van der Waals surface area (Å²) in [7, 11) is -3.42. The van der Waals surface area contributed by atoms with E-state index in [0.29, 0.717) is 23.7 Å². The van der Waals surface area contributed by atoms with Gasteiger partial charge in [0.05, 0.1) is 3.79 Å². The Morgan fingerprint density at radius 3 is 2.95 bits per heavy atom. The molecule has 1 aliphatic rings. The van der Waals surface area contributed by atoms with Crippen LogP contribution in [0.1, 0.15) is 11.3 Å². The van der Waals surface area contributed by atoms with E-state index in [9.17, 15) is 8.42 Å². The first-order chi connectivity index (χ1) is 9.07. The van der Waals surface area contributed by atoms with Gasteiger partial charge in [-0.05, 0) is 28.1 Å². The van der Waals surface area contributed by atoms with Crippen LogP contribution in [0.5, 0.6) is 0 Å². The van der Waals surface area contributed by atoms with E-state index >= 15 is 0 Å². The van der Waals surface area contributed by atoms with E-state index in [4.69, 9.17) is 0 Å². The van der Waals surface area contributed by atoms with Gasteiger partial charge in [0, 0.05) is 37.0 Å². The molecule has 0 fully saturated rings. The molecule has 8 heteroatoms. The fraction of sp³-hybridized carbons (Fsp3) is 0.273. The van der Waals surface area contributed by atoms with E-state index < -0.39 is 10.0 Å². The highest BCUT2D eigenvalue weighted by molar-refractivity contribution is 9.11. The third-order valence-electron chi connectivity index (χ3n) is 2.97. The van der Waals surface area contributed by atoms with Gasteiger partial charge in [-0.3, -0.25) is 0 Å². The van der Waals surface area contributed by atoms with Gasteiger partial charge >= 0.3 is 0 Å². The first kappa shape index (κ1) is 13.2. The molecule has 0 unspecified atom stereocenters. The summed E-state index contributed by atoms with van der Waals surface area (Å²) in [5.74, 6) is 0. The molecule has 0 N–H and O–H groups in total. The fourth-order valence-corrected chi connectivity index (χ4v) is 5.59. The van der Waals surface area contributed by atoms with Crippen molar-refractivity contribution in [1.29, 1.82) is 0 Å². The SMILES string of the molecule is O=S(=O)(c1ccc(Br)s1)N1CCc2ncncc2C1. The Bertz CT molecular complexity index is 714. The van der Waals surface area contributed by atoms with E-state index in [1.165, 1.54) is 22.0 Å². The lowest BCUT2D eigenvalue weighted by Crippen LogP contribution is -2.36. The van der Waals surface area contributed by atoms with Crippen molar-refractivity contribution < 1.29 is 8.42 Å². The van der Waals surface area contributed by atoms with Crippen LogP contribution in [0.4, 0.5) is 0 Å². The zero-order chi connectivity index (χ0) is 13.5. The molecule has 5 nitrogen and oxygen atoms in total. The van der Waals surface area contributed by atoms with Crippen LogP contribution in [0.3, 0.4) is 0 Å². The summed E-state index contributed by atoms with van der Waals surface area (Å²) in [6, 6.07) is 3.37. The van der Waals surface area contributed by atoms with Crippen LogP contribution in [0.2, 0.25) is 0 Å². The number of thiophene rings is 1. The highest BCUT2D eigenvalue weighted by atomic mass is 79.9. The Hall–Kier alpha value is -0.830. The number of rotatable bonds is 2. The molecule has 3 rings (SSSR count). The predicted molar refractivity (Wildman–Crippen MR) is 75.4 cm³/mol. The predicted octanol–water partition coefficient (Wildman–Crippen LogP) is 2.05. The number of aromatic nitrogens is 2. The van der Waals surface area contributed by atoms with Gasteiger partial charge in [-0.1, -0.05) is 0 Å². The van der Waals surface area contributed by atoms with Crippen molar-refractivity contribution >= 4 is 37.3 Å². The average molecular weight is 360 g/mol. The van der Waals surface area contributed by atoms with Gasteiger partial charge < -0.3 is 0 Å². The summed E-state index contributed by atoms with van der Waals surface area (Å²) in [6.07, 6.45) is 3.82. The largest absolute Gasteiger partial charge is 0.252 e. The van der Waals surface area contributed by atoms with Crippen molar-refractivity contribution in [3.63, 3.8) is 0 Å². The Kier molecular flexibility index (Phi) is 3.42. The minimum Gasteiger partial charge on any atom is -0.244 e. The Balaban J connectivity index is 1.93. The molecule has 0 atom stereocenters. The molecule has 0 aromatic carbocycles. The minimum absolute atomic E-state index is 0.341. The normalized spacial score (nSPS) is 16.3. The standard InChI is InChI=1S/C11H10BrN3O2S2/c12-10-1-2-11(18-10)19(16,17)15-4-3-9-8(6-15)5-13-7-14-9/h1-2,5,7H,3-4,6H2. The number of hydrogen-bond acceptors (Lipinski definition) is 5. The van der Waals surface area contributed by atoms with Crippen molar-refractivity contribution in [3.05, 3.63) is 39.7 Å². The number of sulfonamides is 1. The van der Waals surface area contributed by atoms with Crippen LogP contribution < -0.4 is 0 Å². The van der Waals surface area contributed by atoms with Crippen LogP contribution in [0.15, 0.2) is 32.7 Å². The Labute approximate surface area is 123 Å². The van der Waals surface area contributed by atoms with E-state index in [2.05, 4.69) is 25.9 Å². The Morgan fingerprint density at radius 2 is 2.21 bits per heavy atom. The van der Waals surface area contributed by atoms with Crippen LogP contribution in [-0.2, 0) is 23.0 Å². The molecule has 2 aromatic heterocycles. The van der Waals surface area contributed by atoms with Crippen molar-refractivity contribution in [2.24, 2.45) is 0 Å². The molecule has 0 saturated heterocycles. The van der Waals surface area contributed by atoms with Crippen LogP contribution in [-0.4, -0.2) is 29.2 Å². The zero-order valence-corrected chi connectivity index (χ0v) is 13.0. The molecule has 3 heterocycles. The molecule has 19 heavy (non-hydrogen) atoms. The second-order valence-electron chi connectivity index (χ2n) is 4.14. The first-order valence-electron chi connectivity index (χ1n) is 5.60. The summed E-state index contributed by atoms with van der Waals surface area (Å²) in [6.45, 7) is 0.801. The van der Waals surface area contributed by atoms with Gasteiger partial charge in [-0.2, -0.15) is 4.31 Å². The van der Waals surface area contributed by atoms with Crippen LogP contribution in [0.25, 0.3) is 0 Å². The molecule has 2 aromatic rings. The lowest BCUT2D eigenvalue weighted by molar-refractivity contribution is 0.388.